The predicted octanol–water partition coefficient (Wildman–Crippen LogP) is 6.63. The van der Waals surface area contributed by atoms with E-state index in [9.17, 15) is 14.7 Å². The Bertz CT molecular complexity index is 1510. The molecule has 0 amide bonds. The Kier molecular flexibility index (Phi) is 9.77. The predicted molar refractivity (Wildman–Crippen MR) is 157 cm³/mol. The van der Waals surface area contributed by atoms with Crippen LogP contribution in [-0.2, 0) is 22.6 Å². The summed E-state index contributed by atoms with van der Waals surface area (Å²) in [6, 6.07) is 21.5. The fourth-order valence-corrected chi connectivity index (χ4v) is 4.49. The van der Waals surface area contributed by atoms with E-state index in [0.717, 1.165) is 44.7 Å². The van der Waals surface area contributed by atoms with Crippen molar-refractivity contribution in [2.24, 2.45) is 0 Å². The lowest BCUT2D eigenvalue weighted by molar-refractivity contribution is -0.138. The maximum Gasteiger partial charge on any atom is 0.323 e. The molecule has 0 unspecified atom stereocenters. The van der Waals surface area contributed by atoms with Crippen molar-refractivity contribution in [1.29, 1.82) is 0 Å². The van der Waals surface area contributed by atoms with Crippen molar-refractivity contribution in [2.75, 3.05) is 13.2 Å². The molecule has 4 rings (SSSR count). The molecule has 4 aromatic rings. The first kappa shape index (κ1) is 28.2. The van der Waals surface area contributed by atoms with Gasteiger partial charge in [-0.15, -0.1) is 0 Å². The normalized spacial score (nSPS) is 11.4. The molecule has 206 valence electrons. The van der Waals surface area contributed by atoms with Crippen LogP contribution in [0.5, 0.6) is 11.5 Å². The molecule has 0 radical (unpaired) electrons. The number of rotatable bonds is 14. The van der Waals surface area contributed by atoms with Gasteiger partial charge in [0.15, 0.2) is 0 Å². The summed E-state index contributed by atoms with van der Waals surface area (Å²) in [6.07, 6.45) is 10.8. The summed E-state index contributed by atoms with van der Waals surface area (Å²) in [4.78, 5) is 22.4. The van der Waals surface area contributed by atoms with E-state index in [1.165, 1.54) is 0 Å². The second kappa shape index (κ2) is 13.8. The fourth-order valence-electron chi connectivity index (χ4n) is 4.49. The first-order valence-corrected chi connectivity index (χ1v) is 13.2. The Morgan fingerprint density at radius 3 is 2.27 bits per heavy atom. The number of aryl methyl sites for hydroxylation is 2. The van der Waals surface area contributed by atoms with E-state index in [1.54, 1.807) is 4.57 Å². The van der Waals surface area contributed by atoms with Crippen LogP contribution < -0.4 is 9.47 Å². The number of para-hydroxylation sites is 1. The number of carboxylic acids is 2. The number of carboxylic acid groups (broad SMARTS) is 2. The molecule has 0 bridgehead atoms. The van der Waals surface area contributed by atoms with Gasteiger partial charge in [0.1, 0.15) is 31.3 Å². The quantitative estimate of drug-likeness (QED) is 0.138. The van der Waals surface area contributed by atoms with E-state index in [1.807, 2.05) is 104 Å². The molecular formula is C33H33NO6. The van der Waals surface area contributed by atoms with Crippen LogP contribution in [0.4, 0.5) is 0 Å². The van der Waals surface area contributed by atoms with E-state index in [4.69, 9.17) is 14.6 Å². The fraction of sp³-hybridized carbons (Fsp3) is 0.212. The molecule has 0 aliphatic carbocycles. The van der Waals surface area contributed by atoms with Crippen LogP contribution in [0.25, 0.3) is 23.1 Å². The zero-order valence-corrected chi connectivity index (χ0v) is 22.5. The molecule has 0 saturated carbocycles. The number of carbonyl (C=O) groups is 2. The van der Waals surface area contributed by atoms with Gasteiger partial charge >= 0.3 is 11.9 Å². The molecule has 0 aliphatic heterocycles. The van der Waals surface area contributed by atoms with Gasteiger partial charge in [0.05, 0.1) is 5.52 Å². The minimum atomic E-state index is -0.933. The molecule has 1 heterocycles. The lowest BCUT2D eigenvalue weighted by Gasteiger charge is -2.06. The number of nitrogens with zero attached hydrogens (tertiary/aromatic N) is 1. The topological polar surface area (TPSA) is 98.0 Å². The van der Waals surface area contributed by atoms with Crippen molar-refractivity contribution in [2.45, 2.75) is 32.7 Å². The minimum absolute atomic E-state index is 0.0730. The zero-order chi connectivity index (χ0) is 28.3. The molecule has 0 spiro atoms. The highest BCUT2D eigenvalue weighted by molar-refractivity contribution is 5.94. The molecule has 1 aromatic heterocycles. The number of aromatic nitrogens is 1. The largest absolute Gasteiger partial charge is 0.490 e. The molecule has 40 heavy (non-hydrogen) atoms. The van der Waals surface area contributed by atoms with E-state index < -0.39 is 11.9 Å². The lowest BCUT2D eigenvalue weighted by Crippen LogP contribution is -2.07. The lowest BCUT2D eigenvalue weighted by atomic mass is 10.0. The summed E-state index contributed by atoms with van der Waals surface area (Å²) < 4.78 is 13.2. The van der Waals surface area contributed by atoms with Gasteiger partial charge < -0.3 is 24.3 Å². The molecular weight excluding hydrogens is 506 g/mol. The van der Waals surface area contributed by atoms with Crippen LogP contribution in [-0.4, -0.2) is 39.9 Å². The van der Waals surface area contributed by atoms with E-state index in [0.29, 0.717) is 26.1 Å². The van der Waals surface area contributed by atoms with Gasteiger partial charge in [-0.2, -0.15) is 0 Å². The van der Waals surface area contributed by atoms with E-state index in [2.05, 4.69) is 0 Å². The maximum absolute atomic E-state index is 11.5. The van der Waals surface area contributed by atoms with E-state index >= 15 is 0 Å². The number of fused-ring (bicyclic) bond motifs is 1. The molecule has 7 nitrogen and oxygen atoms in total. The third-order valence-electron chi connectivity index (χ3n) is 6.34. The number of ether oxygens (including phenoxy) is 2. The Labute approximate surface area is 233 Å². The van der Waals surface area contributed by atoms with Crippen LogP contribution >= 0.6 is 0 Å². The average Bonchev–Trinajstić information content (AvgIpc) is 3.27. The maximum atomic E-state index is 11.5. The van der Waals surface area contributed by atoms with Crippen molar-refractivity contribution in [3.8, 4) is 11.5 Å². The number of hydrogen-bond acceptors (Lipinski definition) is 4. The van der Waals surface area contributed by atoms with E-state index in [-0.39, 0.29) is 13.0 Å². The summed E-state index contributed by atoms with van der Waals surface area (Å²) in [7, 11) is 0. The highest BCUT2D eigenvalue weighted by Gasteiger charge is 2.13. The average molecular weight is 540 g/mol. The number of hydrogen-bond donors (Lipinski definition) is 2. The molecule has 0 fully saturated rings. The third kappa shape index (κ3) is 8.11. The van der Waals surface area contributed by atoms with Gasteiger partial charge in [0.2, 0.25) is 0 Å². The van der Waals surface area contributed by atoms with Crippen LogP contribution in [0.1, 0.15) is 35.1 Å². The highest BCUT2D eigenvalue weighted by atomic mass is 16.5. The third-order valence-corrected chi connectivity index (χ3v) is 6.34. The molecule has 0 atom stereocenters. The Hall–Kier alpha value is -4.78. The smallest absolute Gasteiger partial charge is 0.323 e. The minimum Gasteiger partial charge on any atom is -0.490 e. The summed E-state index contributed by atoms with van der Waals surface area (Å²) in [6.45, 7) is 2.77. The standard InChI is InChI=1S/C33H33NO6/c1-24-7-4-10-29(21-24)40-20-3-2-19-39-28-17-14-25(15-18-28)13-16-26-8-5-11-30-27(9-6-12-31(35)36)22-34(33(26)30)23-32(37)38/h2-5,7-8,10-11,13-18,21-22H,6,9,12,19-20,23H2,1H3,(H,35,36)(H,37,38). The van der Waals surface area contributed by atoms with Crippen molar-refractivity contribution in [1.82, 2.24) is 4.57 Å². The monoisotopic (exact) mass is 539 g/mol. The molecule has 0 saturated heterocycles. The number of aliphatic carboxylic acids is 2. The summed E-state index contributed by atoms with van der Waals surface area (Å²) >= 11 is 0. The van der Waals surface area contributed by atoms with Crippen molar-refractivity contribution >= 4 is 35.0 Å². The number of benzene rings is 3. The Morgan fingerprint density at radius 1 is 0.850 bits per heavy atom. The zero-order valence-electron chi connectivity index (χ0n) is 22.5. The van der Waals surface area contributed by atoms with Gasteiger partial charge in [-0.25, -0.2) is 0 Å². The molecule has 7 heteroatoms. The van der Waals surface area contributed by atoms with Crippen molar-refractivity contribution in [3.63, 3.8) is 0 Å². The van der Waals surface area contributed by atoms with Crippen LogP contribution in [0.2, 0.25) is 0 Å². The van der Waals surface area contributed by atoms with Gasteiger partial charge in [-0.3, -0.25) is 9.59 Å². The first-order chi connectivity index (χ1) is 19.4. The molecule has 2 N–H and O–H groups in total. The highest BCUT2D eigenvalue weighted by Crippen LogP contribution is 2.28. The van der Waals surface area contributed by atoms with Crippen LogP contribution in [0.3, 0.4) is 0 Å². The summed E-state index contributed by atoms with van der Waals surface area (Å²) in [5.74, 6) is -0.173. The SMILES string of the molecule is Cc1cccc(OCC=CCOc2ccc(C=Cc3cccc4c(CCCC(=O)O)cn(CC(=O)O)c34)cc2)c1. The summed E-state index contributed by atoms with van der Waals surface area (Å²) in [5.41, 5.74) is 4.80. The van der Waals surface area contributed by atoms with Gasteiger partial charge in [0.25, 0.3) is 0 Å². The first-order valence-electron chi connectivity index (χ1n) is 13.2. The Balaban J connectivity index is 1.38. The van der Waals surface area contributed by atoms with Crippen LogP contribution in [0, 0.1) is 6.92 Å². The Morgan fingerprint density at radius 2 is 1.57 bits per heavy atom. The summed E-state index contributed by atoms with van der Waals surface area (Å²) in [5, 5.41) is 19.3. The second-order valence-corrected chi connectivity index (χ2v) is 9.48. The van der Waals surface area contributed by atoms with Gasteiger partial charge in [-0.05, 0) is 78.4 Å². The molecule has 0 aliphatic rings. The van der Waals surface area contributed by atoms with Gasteiger partial charge in [0, 0.05) is 18.0 Å². The van der Waals surface area contributed by atoms with Crippen molar-refractivity contribution in [3.05, 3.63) is 107 Å². The van der Waals surface area contributed by atoms with Gasteiger partial charge in [-0.1, -0.05) is 54.6 Å². The van der Waals surface area contributed by atoms with Crippen LogP contribution in [0.15, 0.2) is 85.1 Å². The second-order valence-electron chi connectivity index (χ2n) is 9.48. The molecule has 3 aromatic carbocycles. The van der Waals surface area contributed by atoms with Crippen molar-refractivity contribution < 1.29 is 29.3 Å².